The van der Waals surface area contributed by atoms with Gasteiger partial charge in [-0.3, -0.25) is 4.79 Å². The highest BCUT2D eigenvalue weighted by molar-refractivity contribution is 7.89. The summed E-state index contributed by atoms with van der Waals surface area (Å²) in [5, 5.41) is 2.71. The predicted molar refractivity (Wildman–Crippen MR) is 104 cm³/mol. The van der Waals surface area contributed by atoms with Gasteiger partial charge in [-0.15, -0.1) is 0 Å². The molecule has 0 aliphatic carbocycles. The van der Waals surface area contributed by atoms with E-state index in [4.69, 9.17) is 0 Å². The lowest BCUT2D eigenvalue weighted by Gasteiger charge is -2.19. The molecule has 0 radical (unpaired) electrons. The highest BCUT2D eigenvalue weighted by Crippen LogP contribution is 2.23. The van der Waals surface area contributed by atoms with Crippen LogP contribution in [0.3, 0.4) is 0 Å². The third-order valence-corrected chi connectivity index (χ3v) is 5.49. The molecule has 2 aromatic rings. The molecule has 0 aliphatic heterocycles. The normalized spacial score (nSPS) is 12.0. The van der Waals surface area contributed by atoms with E-state index >= 15 is 0 Å². The fourth-order valence-electron chi connectivity index (χ4n) is 2.47. The van der Waals surface area contributed by atoms with Gasteiger partial charge >= 0.3 is 0 Å². The van der Waals surface area contributed by atoms with Gasteiger partial charge in [-0.2, -0.15) is 0 Å². The van der Waals surface area contributed by atoms with Crippen molar-refractivity contribution in [3.63, 3.8) is 0 Å². The average Bonchev–Trinajstić information content (AvgIpc) is 2.58. The van der Waals surface area contributed by atoms with Crippen LogP contribution in [0.1, 0.15) is 42.3 Å². The monoisotopic (exact) mass is 374 g/mol. The number of aryl methyl sites for hydroxylation is 1. The Bertz CT molecular complexity index is 867. The van der Waals surface area contributed by atoms with Crippen molar-refractivity contribution in [1.29, 1.82) is 0 Å². The lowest BCUT2D eigenvalue weighted by molar-refractivity contribution is 0.0954. The Balaban J connectivity index is 1.89. The van der Waals surface area contributed by atoms with Gasteiger partial charge in [0.2, 0.25) is 10.0 Å². The van der Waals surface area contributed by atoms with Gasteiger partial charge in [-0.1, -0.05) is 50.6 Å². The smallest absolute Gasteiger partial charge is 0.251 e. The number of benzene rings is 2. The van der Waals surface area contributed by atoms with Crippen LogP contribution < -0.4 is 10.0 Å². The molecule has 6 heteroatoms. The van der Waals surface area contributed by atoms with E-state index in [9.17, 15) is 13.2 Å². The standard InChI is InChI=1S/C20H26N2O3S/c1-15-6-5-7-16(14-15)19(23)21-12-13-22-26(24,25)18-10-8-17(9-11-18)20(2,3)4/h5-11,14,22H,12-13H2,1-4H3,(H,21,23). The van der Waals surface area contributed by atoms with E-state index in [1.807, 2.05) is 31.2 Å². The van der Waals surface area contributed by atoms with Crippen molar-refractivity contribution >= 4 is 15.9 Å². The molecule has 0 aliphatic rings. The van der Waals surface area contributed by atoms with Crippen LogP contribution in [-0.4, -0.2) is 27.4 Å². The van der Waals surface area contributed by atoms with Gasteiger partial charge in [0.1, 0.15) is 0 Å². The first kappa shape index (κ1) is 20.1. The van der Waals surface area contributed by atoms with Crippen LogP contribution in [-0.2, 0) is 15.4 Å². The number of nitrogens with one attached hydrogen (secondary N) is 2. The number of carbonyl (C=O) groups excluding carboxylic acids is 1. The van der Waals surface area contributed by atoms with Crippen LogP contribution in [0.15, 0.2) is 53.4 Å². The summed E-state index contributed by atoms with van der Waals surface area (Å²) in [5.74, 6) is -0.220. The Hall–Kier alpha value is -2.18. The number of hydrogen-bond acceptors (Lipinski definition) is 3. The summed E-state index contributed by atoms with van der Waals surface area (Å²) in [6, 6.07) is 14.1. The second-order valence-electron chi connectivity index (χ2n) is 7.30. The van der Waals surface area contributed by atoms with Gasteiger partial charge in [0, 0.05) is 18.7 Å². The Labute approximate surface area is 155 Å². The molecule has 2 aromatic carbocycles. The molecular weight excluding hydrogens is 348 g/mol. The Morgan fingerprint density at radius 3 is 2.23 bits per heavy atom. The highest BCUT2D eigenvalue weighted by Gasteiger charge is 2.17. The van der Waals surface area contributed by atoms with Crippen molar-refractivity contribution in [2.75, 3.05) is 13.1 Å². The molecule has 1 amide bonds. The number of sulfonamides is 1. The molecule has 0 atom stereocenters. The number of rotatable bonds is 6. The van der Waals surface area contributed by atoms with Crippen LogP contribution in [0.25, 0.3) is 0 Å². The molecule has 2 N–H and O–H groups in total. The minimum atomic E-state index is -3.59. The molecule has 0 spiro atoms. The van der Waals surface area contributed by atoms with E-state index in [1.165, 1.54) is 0 Å². The van der Waals surface area contributed by atoms with E-state index in [0.717, 1.165) is 11.1 Å². The summed E-state index contributed by atoms with van der Waals surface area (Å²) in [4.78, 5) is 12.3. The summed E-state index contributed by atoms with van der Waals surface area (Å²) in [6.07, 6.45) is 0. The number of hydrogen-bond donors (Lipinski definition) is 2. The molecule has 26 heavy (non-hydrogen) atoms. The van der Waals surface area contributed by atoms with E-state index in [1.54, 1.807) is 24.3 Å². The molecule has 0 saturated heterocycles. The summed E-state index contributed by atoms with van der Waals surface area (Å²) >= 11 is 0. The van der Waals surface area contributed by atoms with Crippen molar-refractivity contribution in [3.05, 3.63) is 65.2 Å². The van der Waals surface area contributed by atoms with Crippen LogP contribution in [0.5, 0.6) is 0 Å². The van der Waals surface area contributed by atoms with E-state index in [-0.39, 0.29) is 29.3 Å². The first-order chi connectivity index (χ1) is 12.1. The second-order valence-corrected chi connectivity index (χ2v) is 9.06. The first-order valence-corrected chi connectivity index (χ1v) is 10.0. The number of amides is 1. The molecule has 0 bridgehead atoms. The van der Waals surface area contributed by atoms with E-state index < -0.39 is 10.0 Å². The van der Waals surface area contributed by atoms with Crippen molar-refractivity contribution in [2.45, 2.75) is 38.0 Å². The Morgan fingerprint density at radius 2 is 1.65 bits per heavy atom. The van der Waals surface area contributed by atoms with Gasteiger partial charge in [0.25, 0.3) is 5.91 Å². The van der Waals surface area contributed by atoms with Crippen LogP contribution in [0.2, 0.25) is 0 Å². The fraction of sp³-hybridized carbons (Fsp3) is 0.350. The predicted octanol–water partition coefficient (Wildman–Crippen LogP) is 3.00. The van der Waals surface area contributed by atoms with Crippen molar-refractivity contribution < 1.29 is 13.2 Å². The average molecular weight is 375 g/mol. The lowest BCUT2D eigenvalue weighted by Crippen LogP contribution is -2.34. The summed E-state index contributed by atoms with van der Waals surface area (Å²) in [6.45, 7) is 8.48. The molecule has 0 fully saturated rings. The number of carbonyl (C=O) groups is 1. The van der Waals surface area contributed by atoms with Gasteiger partial charge in [0.05, 0.1) is 4.90 Å². The quantitative estimate of drug-likeness (QED) is 0.763. The van der Waals surface area contributed by atoms with Gasteiger partial charge < -0.3 is 5.32 Å². The van der Waals surface area contributed by atoms with Crippen LogP contribution >= 0.6 is 0 Å². The van der Waals surface area contributed by atoms with Crippen molar-refractivity contribution in [1.82, 2.24) is 10.0 Å². The molecule has 0 saturated carbocycles. The van der Waals surface area contributed by atoms with Crippen molar-refractivity contribution in [3.8, 4) is 0 Å². The molecular formula is C20H26N2O3S. The van der Waals surface area contributed by atoms with Crippen molar-refractivity contribution in [2.24, 2.45) is 0 Å². The summed E-state index contributed by atoms with van der Waals surface area (Å²) in [7, 11) is -3.59. The maximum Gasteiger partial charge on any atom is 0.251 e. The molecule has 2 rings (SSSR count). The zero-order valence-electron chi connectivity index (χ0n) is 15.7. The van der Waals surface area contributed by atoms with E-state index in [2.05, 4.69) is 30.8 Å². The topological polar surface area (TPSA) is 75.3 Å². The van der Waals surface area contributed by atoms with E-state index in [0.29, 0.717) is 5.56 Å². The minimum Gasteiger partial charge on any atom is -0.351 e. The zero-order chi connectivity index (χ0) is 19.4. The van der Waals surface area contributed by atoms with Crippen LogP contribution in [0, 0.1) is 6.92 Å². The van der Waals surface area contributed by atoms with Crippen LogP contribution in [0.4, 0.5) is 0 Å². The molecule has 0 aromatic heterocycles. The summed E-state index contributed by atoms with van der Waals surface area (Å²) < 4.78 is 27.2. The first-order valence-electron chi connectivity index (χ1n) is 8.55. The Morgan fingerprint density at radius 1 is 1.00 bits per heavy atom. The maximum atomic E-state index is 12.3. The largest absolute Gasteiger partial charge is 0.351 e. The summed E-state index contributed by atoms with van der Waals surface area (Å²) in [5.41, 5.74) is 2.60. The fourth-order valence-corrected chi connectivity index (χ4v) is 3.50. The van der Waals surface area contributed by atoms with Gasteiger partial charge in [0.15, 0.2) is 0 Å². The third kappa shape index (κ3) is 5.41. The maximum absolute atomic E-state index is 12.3. The minimum absolute atomic E-state index is 0.0319. The molecule has 140 valence electrons. The third-order valence-electron chi connectivity index (χ3n) is 4.01. The lowest BCUT2D eigenvalue weighted by atomic mass is 9.87. The van der Waals surface area contributed by atoms with Gasteiger partial charge in [-0.25, -0.2) is 13.1 Å². The SMILES string of the molecule is Cc1cccc(C(=O)NCCNS(=O)(=O)c2ccc(C(C)(C)C)cc2)c1. The molecule has 5 nitrogen and oxygen atoms in total. The highest BCUT2D eigenvalue weighted by atomic mass is 32.2. The molecule has 0 unspecified atom stereocenters. The van der Waals surface area contributed by atoms with Gasteiger partial charge in [-0.05, 0) is 42.2 Å². The molecule has 0 heterocycles. The Kier molecular flexibility index (Phi) is 6.21. The second kappa shape index (κ2) is 8.01. The zero-order valence-corrected chi connectivity index (χ0v) is 16.5.